The summed E-state index contributed by atoms with van der Waals surface area (Å²) in [6, 6.07) is 10.5. The molecule has 0 saturated carbocycles. The summed E-state index contributed by atoms with van der Waals surface area (Å²) in [5, 5.41) is 12.6. The Morgan fingerprint density at radius 2 is 1.83 bits per heavy atom. The average Bonchev–Trinajstić information content (AvgIpc) is 2.66. The van der Waals surface area contributed by atoms with Crippen molar-refractivity contribution in [2.24, 2.45) is 5.73 Å². The molecule has 2 aromatic carbocycles. The van der Waals surface area contributed by atoms with Crippen LogP contribution in [0, 0.1) is 0 Å². The SMILES string of the molecule is NC(CCC(=O)Cc1cc(Cl)cc(S(=O)(=O)O)c1O)C(=O)NCc1ccccc1. The number of amides is 1. The molecular formula is C19H21ClN2O6S. The zero-order chi connectivity index (χ0) is 21.6. The molecule has 5 N–H and O–H groups in total. The number of rotatable bonds is 9. The number of phenols is 1. The molecule has 0 heterocycles. The van der Waals surface area contributed by atoms with Gasteiger partial charge in [-0.15, -0.1) is 0 Å². The van der Waals surface area contributed by atoms with E-state index >= 15 is 0 Å². The van der Waals surface area contributed by atoms with Gasteiger partial charge in [0.25, 0.3) is 10.1 Å². The lowest BCUT2D eigenvalue weighted by Gasteiger charge is -2.12. The zero-order valence-corrected chi connectivity index (χ0v) is 16.9. The Morgan fingerprint density at radius 3 is 2.45 bits per heavy atom. The van der Waals surface area contributed by atoms with Crippen LogP contribution in [0.3, 0.4) is 0 Å². The van der Waals surface area contributed by atoms with Gasteiger partial charge in [-0.1, -0.05) is 41.9 Å². The smallest absolute Gasteiger partial charge is 0.298 e. The number of nitrogens with two attached hydrogens (primary N) is 1. The van der Waals surface area contributed by atoms with Gasteiger partial charge in [-0.3, -0.25) is 14.1 Å². The van der Waals surface area contributed by atoms with Crippen LogP contribution in [0.5, 0.6) is 5.75 Å². The van der Waals surface area contributed by atoms with E-state index in [1.807, 2.05) is 30.3 Å². The Balaban J connectivity index is 1.91. The first-order valence-corrected chi connectivity index (χ1v) is 10.5. The predicted octanol–water partition coefficient (Wildman–Crippen LogP) is 1.83. The molecule has 0 bridgehead atoms. The summed E-state index contributed by atoms with van der Waals surface area (Å²) in [5.74, 6) is -1.52. The molecule has 0 aromatic heterocycles. The topological polar surface area (TPSA) is 147 Å². The van der Waals surface area contributed by atoms with Gasteiger partial charge in [0.15, 0.2) is 0 Å². The monoisotopic (exact) mass is 440 g/mol. The molecular weight excluding hydrogens is 420 g/mol. The van der Waals surface area contributed by atoms with Crippen molar-refractivity contribution in [2.75, 3.05) is 0 Å². The second kappa shape index (κ2) is 9.84. The molecule has 2 aromatic rings. The molecule has 0 aliphatic carbocycles. The highest BCUT2D eigenvalue weighted by Crippen LogP contribution is 2.31. The molecule has 156 valence electrons. The second-order valence-electron chi connectivity index (χ2n) is 6.45. The summed E-state index contributed by atoms with van der Waals surface area (Å²) in [7, 11) is -4.70. The number of nitrogens with one attached hydrogen (secondary N) is 1. The number of carbonyl (C=O) groups is 2. The lowest BCUT2D eigenvalue weighted by molar-refractivity contribution is -0.123. The zero-order valence-electron chi connectivity index (χ0n) is 15.3. The maximum absolute atomic E-state index is 12.2. The Labute approximate surface area is 173 Å². The van der Waals surface area contributed by atoms with Crippen LogP contribution in [0.15, 0.2) is 47.4 Å². The summed E-state index contributed by atoms with van der Waals surface area (Å²) >= 11 is 5.79. The van der Waals surface area contributed by atoms with E-state index < -0.39 is 32.7 Å². The van der Waals surface area contributed by atoms with Crippen LogP contribution in [0.4, 0.5) is 0 Å². The lowest BCUT2D eigenvalue weighted by Crippen LogP contribution is -2.40. The number of benzene rings is 2. The second-order valence-corrected chi connectivity index (χ2v) is 8.28. The van der Waals surface area contributed by atoms with Crippen LogP contribution < -0.4 is 11.1 Å². The summed E-state index contributed by atoms with van der Waals surface area (Å²) in [6.07, 6.45) is -0.313. The number of halogens is 1. The normalized spacial score (nSPS) is 12.4. The Hall–Kier alpha value is -2.46. The van der Waals surface area contributed by atoms with Gasteiger partial charge < -0.3 is 16.2 Å². The van der Waals surface area contributed by atoms with Crippen LogP contribution in [-0.2, 0) is 32.7 Å². The van der Waals surface area contributed by atoms with Gasteiger partial charge in [0.05, 0.1) is 6.04 Å². The van der Waals surface area contributed by atoms with E-state index in [1.165, 1.54) is 6.07 Å². The van der Waals surface area contributed by atoms with E-state index in [2.05, 4.69) is 5.32 Å². The minimum atomic E-state index is -4.70. The highest BCUT2D eigenvalue weighted by atomic mass is 35.5. The Kier molecular flexibility index (Phi) is 7.74. The summed E-state index contributed by atoms with van der Waals surface area (Å²) in [5.41, 5.74) is 6.68. The van der Waals surface area contributed by atoms with Crippen molar-refractivity contribution in [2.45, 2.75) is 36.7 Å². The van der Waals surface area contributed by atoms with Crippen molar-refractivity contribution in [3.05, 3.63) is 58.6 Å². The average molecular weight is 441 g/mol. The minimum absolute atomic E-state index is 0.0442. The fourth-order valence-corrected chi connectivity index (χ4v) is 3.58. The van der Waals surface area contributed by atoms with Crippen LogP contribution >= 0.6 is 11.6 Å². The maximum Gasteiger partial charge on any atom is 0.298 e. The van der Waals surface area contributed by atoms with Crippen LogP contribution in [0.1, 0.15) is 24.0 Å². The van der Waals surface area contributed by atoms with Gasteiger partial charge in [0.1, 0.15) is 16.4 Å². The molecule has 1 atom stereocenters. The number of hydrogen-bond acceptors (Lipinski definition) is 6. The van der Waals surface area contributed by atoms with Crippen molar-refractivity contribution in [1.82, 2.24) is 5.32 Å². The van der Waals surface area contributed by atoms with Crippen molar-refractivity contribution in [3.63, 3.8) is 0 Å². The van der Waals surface area contributed by atoms with Crippen molar-refractivity contribution >= 4 is 33.4 Å². The molecule has 2 rings (SSSR count). The lowest BCUT2D eigenvalue weighted by atomic mass is 10.0. The van der Waals surface area contributed by atoms with E-state index in [0.717, 1.165) is 11.6 Å². The summed E-state index contributed by atoms with van der Waals surface area (Å²) in [6.45, 7) is 0.316. The minimum Gasteiger partial charge on any atom is -0.506 e. The van der Waals surface area contributed by atoms with Crippen LogP contribution in [-0.4, -0.2) is 35.8 Å². The van der Waals surface area contributed by atoms with Gasteiger partial charge in [0, 0.05) is 30.0 Å². The standard InChI is InChI=1S/C19H21ClN2O6S/c20-14-8-13(18(24)17(10-14)29(26,27)28)9-15(23)6-7-16(21)19(25)22-11-12-4-2-1-3-5-12/h1-5,8,10,16,24H,6-7,9,11,21H2,(H,22,25)(H,26,27,28). The van der Waals surface area contributed by atoms with Crippen molar-refractivity contribution in [3.8, 4) is 5.75 Å². The molecule has 0 radical (unpaired) electrons. The third-order valence-electron chi connectivity index (χ3n) is 4.16. The third kappa shape index (κ3) is 6.82. The summed E-state index contributed by atoms with van der Waals surface area (Å²) in [4.78, 5) is 23.5. The number of Topliss-reactive ketones (excluding diaryl/α,β-unsaturated/α-hetero) is 1. The first-order chi connectivity index (χ1) is 13.6. The number of ketones is 1. The first-order valence-electron chi connectivity index (χ1n) is 8.65. The fraction of sp³-hybridized carbons (Fsp3) is 0.263. The third-order valence-corrected chi connectivity index (χ3v) is 5.25. The van der Waals surface area contributed by atoms with E-state index in [9.17, 15) is 23.1 Å². The highest BCUT2D eigenvalue weighted by Gasteiger charge is 2.21. The van der Waals surface area contributed by atoms with Crippen LogP contribution in [0.2, 0.25) is 5.02 Å². The molecule has 0 aliphatic heterocycles. The highest BCUT2D eigenvalue weighted by molar-refractivity contribution is 7.86. The van der Waals surface area contributed by atoms with Crippen molar-refractivity contribution in [1.29, 1.82) is 0 Å². The predicted molar refractivity (Wildman–Crippen MR) is 107 cm³/mol. The summed E-state index contributed by atoms with van der Waals surface area (Å²) < 4.78 is 31.7. The molecule has 1 unspecified atom stereocenters. The number of aromatic hydroxyl groups is 1. The quantitative estimate of drug-likeness (QED) is 0.435. The fourth-order valence-electron chi connectivity index (χ4n) is 2.62. The Morgan fingerprint density at radius 1 is 1.17 bits per heavy atom. The van der Waals surface area contributed by atoms with Crippen LogP contribution in [0.25, 0.3) is 0 Å². The maximum atomic E-state index is 12.2. The molecule has 0 fully saturated rings. The molecule has 1 amide bonds. The van der Waals surface area contributed by atoms with E-state index in [4.69, 9.17) is 21.9 Å². The van der Waals surface area contributed by atoms with Gasteiger partial charge in [-0.2, -0.15) is 8.42 Å². The van der Waals surface area contributed by atoms with E-state index in [0.29, 0.717) is 6.54 Å². The molecule has 0 saturated heterocycles. The van der Waals surface area contributed by atoms with Gasteiger partial charge >= 0.3 is 0 Å². The van der Waals surface area contributed by atoms with Gasteiger partial charge in [-0.25, -0.2) is 0 Å². The number of hydrogen-bond donors (Lipinski definition) is 4. The number of phenolic OH excluding ortho intramolecular Hbond substituents is 1. The van der Waals surface area contributed by atoms with E-state index in [1.54, 1.807) is 0 Å². The van der Waals surface area contributed by atoms with Gasteiger partial charge in [0.2, 0.25) is 5.91 Å². The largest absolute Gasteiger partial charge is 0.506 e. The van der Waals surface area contributed by atoms with Gasteiger partial charge in [-0.05, 0) is 24.1 Å². The molecule has 10 heteroatoms. The number of carbonyl (C=O) groups excluding carboxylic acids is 2. The molecule has 0 spiro atoms. The Bertz CT molecular complexity index is 995. The molecule has 29 heavy (non-hydrogen) atoms. The van der Waals surface area contributed by atoms with Crippen molar-refractivity contribution < 1.29 is 27.7 Å². The first kappa shape index (κ1) is 22.8. The molecule has 8 nitrogen and oxygen atoms in total. The van der Waals surface area contributed by atoms with E-state index in [-0.39, 0.29) is 35.6 Å². The molecule has 0 aliphatic rings.